The number of rotatable bonds is 7. The van der Waals surface area contributed by atoms with Gasteiger partial charge in [-0.1, -0.05) is 0 Å². The minimum atomic E-state index is -3.08. The van der Waals surface area contributed by atoms with Crippen LogP contribution < -0.4 is 0 Å². The van der Waals surface area contributed by atoms with E-state index in [4.69, 9.17) is 9.05 Å². The summed E-state index contributed by atoms with van der Waals surface area (Å²) in [6.07, 6.45) is 0.241. The van der Waals surface area contributed by atoms with Gasteiger partial charge in [0.25, 0.3) is 0 Å². The highest BCUT2D eigenvalue weighted by molar-refractivity contribution is 9.11. The van der Waals surface area contributed by atoms with E-state index in [2.05, 4.69) is 42.1 Å². The SMILES string of the molecule is CCOP(=O)(CCn1nc2c(Br)ccc(Br)c2n1)OCC. The molecule has 6 nitrogen and oxygen atoms in total. The van der Waals surface area contributed by atoms with Gasteiger partial charge in [-0.25, -0.2) is 0 Å². The Labute approximate surface area is 140 Å². The van der Waals surface area contributed by atoms with Crippen LogP contribution >= 0.6 is 39.5 Å². The summed E-state index contributed by atoms with van der Waals surface area (Å²) in [6, 6.07) is 3.80. The fourth-order valence-electron chi connectivity index (χ4n) is 1.85. The van der Waals surface area contributed by atoms with E-state index in [-0.39, 0.29) is 6.16 Å². The molecule has 21 heavy (non-hydrogen) atoms. The molecule has 0 bridgehead atoms. The van der Waals surface area contributed by atoms with Gasteiger partial charge in [0.2, 0.25) is 0 Å². The van der Waals surface area contributed by atoms with Crippen LogP contribution in [0.5, 0.6) is 0 Å². The van der Waals surface area contributed by atoms with Crippen molar-refractivity contribution in [2.24, 2.45) is 0 Å². The molecular formula is C12H16Br2N3O3P. The normalized spacial score (nSPS) is 12.2. The number of fused-ring (bicyclic) bond motifs is 1. The van der Waals surface area contributed by atoms with E-state index < -0.39 is 7.60 Å². The third kappa shape index (κ3) is 4.13. The second kappa shape index (κ2) is 7.33. The molecule has 0 amide bonds. The van der Waals surface area contributed by atoms with Crippen LogP contribution in [0.4, 0.5) is 0 Å². The minimum Gasteiger partial charge on any atom is -0.309 e. The summed E-state index contributed by atoms with van der Waals surface area (Å²) in [5.74, 6) is 0. The number of aromatic nitrogens is 3. The summed E-state index contributed by atoms with van der Waals surface area (Å²) < 4.78 is 24.7. The van der Waals surface area contributed by atoms with E-state index in [1.807, 2.05) is 12.1 Å². The van der Waals surface area contributed by atoms with Gasteiger partial charge in [0.05, 0.1) is 25.9 Å². The van der Waals surface area contributed by atoms with Gasteiger partial charge in [0.1, 0.15) is 11.0 Å². The van der Waals surface area contributed by atoms with Gasteiger partial charge in [0, 0.05) is 8.95 Å². The first-order valence-electron chi connectivity index (χ1n) is 6.56. The highest BCUT2D eigenvalue weighted by atomic mass is 79.9. The first-order valence-corrected chi connectivity index (χ1v) is 9.87. The highest BCUT2D eigenvalue weighted by Gasteiger charge is 2.24. The van der Waals surface area contributed by atoms with Gasteiger partial charge in [0.15, 0.2) is 0 Å². The predicted molar refractivity (Wildman–Crippen MR) is 88.7 cm³/mol. The van der Waals surface area contributed by atoms with E-state index in [1.165, 1.54) is 4.80 Å². The van der Waals surface area contributed by atoms with Crippen LogP contribution in [0.15, 0.2) is 21.1 Å². The van der Waals surface area contributed by atoms with Crippen LogP contribution in [0, 0.1) is 0 Å². The van der Waals surface area contributed by atoms with Crippen LogP contribution in [0.3, 0.4) is 0 Å². The Morgan fingerprint density at radius 3 is 2.00 bits per heavy atom. The highest BCUT2D eigenvalue weighted by Crippen LogP contribution is 2.47. The number of hydrogen-bond acceptors (Lipinski definition) is 5. The fourth-order valence-corrected chi connectivity index (χ4v) is 4.19. The second-order valence-corrected chi connectivity index (χ2v) is 8.09. The van der Waals surface area contributed by atoms with E-state index in [9.17, 15) is 4.57 Å². The van der Waals surface area contributed by atoms with Crippen LogP contribution in [-0.4, -0.2) is 34.4 Å². The van der Waals surface area contributed by atoms with Crippen molar-refractivity contribution in [1.29, 1.82) is 0 Å². The molecule has 9 heteroatoms. The lowest BCUT2D eigenvalue weighted by Crippen LogP contribution is -2.10. The van der Waals surface area contributed by atoms with Crippen LogP contribution in [0.1, 0.15) is 13.8 Å². The molecular weight excluding hydrogens is 425 g/mol. The molecule has 1 heterocycles. The number of benzene rings is 1. The molecule has 2 rings (SSSR count). The first-order chi connectivity index (χ1) is 9.99. The largest absolute Gasteiger partial charge is 0.332 e. The average molecular weight is 441 g/mol. The van der Waals surface area contributed by atoms with Gasteiger partial charge < -0.3 is 9.05 Å². The standard InChI is InChI=1S/C12H16Br2N3O3P/c1-3-19-21(18,20-4-2)8-7-17-15-11-9(13)5-6-10(14)12(11)16-17/h5-6H,3-4,7-8H2,1-2H3. The lowest BCUT2D eigenvalue weighted by atomic mass is 10.3. The summed E-state index contributed by atoms with van der Waals surface area (Å²) >= 11 is 6.89. The van der Waals surface area contributed by atoms with Gasteiger partial charge >= 0.3 is 7.60 Å². The molecule has 0 unspecified atom stereocenters. The topological polar surface area (TPSA) is 66.2 Å². The maximum Gasteiger partial charge on any atom is 0.332 e. The summed E-state index contributed by atoms with van der Waals surface area (Å²) in [4.78, 5) is 1.52. The van der Waals surface area contributed by atoms with Crippen LogP contribution in [0.25, 0.3) is 11.0 Å². The van der Waals surface area contributed by atoms with Gasteiger partial charge in [-0.05, 0) is 57.8 Å². The molecule has 0 saturated carbocycles. The zero-order valence-electron chi connectivity index (χ0n) is 11.8. The number of hydrogen-bond donors (Lipinski definition) is 0. The molecule has 1 aromatic heterocycles. The van der Waals surface area contributed by atoms with E-state index >= 15 is 0 Å². The third-order valence-corrected chi connectivity index (χ3v) is 6.04. The molecule has 0 aliphatic rings. The van der Waals surface area contributed by atoms with Crippen molar-refractivity contribution in [3.8, 4) is 0 Å². The molecule has 2 aromatic rings. The number of aryl methyl sites for hydroxylation is 1. The quantitative estimate of drug-likeness (QED) is 0.603. The molecule has 0 spiro atoms. The number of nitrogens with zero attached hydrogens (tertiary/aromatic N) is 3. The van der Waals surface area contributed by atoms with Crippen molar-refractivity contribution in [1.82, 2.24) is 15.0 Å². The Hall–Kier alpha value is -0.270. The second-order valence-electron chi connectivity index (χ2n) is 4.19. The van der Waals surface area contributed by atoms with Gasteiger partial charge in [-0.15, -0.1) is 0 Å². The molecule has 0 aliphatic carbocycles. The molecule has 0 aliphatic heterocycles. The lowest BCUT2D eigenvalue weighted by molar-refractivity contribution is 0.218. The molecule has 0 atom stereocenters. The van der Waals surface area contributed by atoms with Crippen molar-refractivity contribution in [3.63, 3.8) is 0 Å². The molecule has 1 aromatic carbocycles. The smallest absolute Gasteiger partial charge is 0.309 e. The minimum absolute atomic E-state index is 0.241. The Morgan fingerprint density at radius 1 is 1.10 bits per heavy atom. The molecule has 0 fully saturated rings. The first kappa shape index (κ1) is 17.1. The monoisotopic (exact) mass is 439 g/mol. The van der Waals surface area contributed by atoms with Crippen molar-refractivity contribution >= 4 is 50.5 Å². The summed E-state index contributed by atoms with van der Waals surface area (Å²) in [5.41, 5.74) is 1.51. The number of halogens is 2. The Balaban J connectivity index is 2.18. The van der Waals surface area contributed by atoms with Crippen LogP contribution in [0.2, 0.25) is 0 Å². The fraction of sp³-hybridized carbons (Fsp3) is 0.500. The van der Waals surface area contributed by atoms with Crippen molar-refractivity contribution in [2.45, 2.75) is 20.4 Å². The van der Waals surface area contributed by atoms with Crippen molar-refractivity contribution in [3.05, 3.63) is 21.1 Å². The molecule has 116 valence electrons. The average Bonchev–Trinajstić information content (AvgIpc) is 2.87. The Morgan fingerprint density at radius 2 is 1.57 bits per heavy atom. The van der Waals surface area contributed by atoms with Crippen LogP contribution in [-0.2, 0) is 20.2 Å². The zero-order chi connectivity index (χ0) is 15.5. The van der Waals surface area contributed by atoms with E-state index in [0.29, 0.717) is 19.8 Å². The Bertz CT molecular complexity index is 628. The summed E-state index contributed by atoms with van der Waals surface area (Å²) in [5, 5.41) is 8.79. The summed E-state index contributed by atoms with van der Waals surface area (Å²) in [7, 11) is -3.08. The Kier molecular flexibility index (Phi) is 5.96. The maximum atomic E-state index is 12.4. The zero-order valence-corrected chi connectivity index (χ0v) is 15.8. The third-order valence-electron chi connectivity index (χ3n) is 2.71. The van der Waals surface area contributed by atoms with Crippen molar-refractivity contribution < 1.29 is 13.6 Å². The molecule has 0 saturated heterocycles. The van der Waals surface area contributed by atoms with E-state index in [1.54, 1.807) is 13.8 Å². The van der Waals surface area contributed by atoms with E-state index in [0.717, 1.165) is 20.0 Å². The van der Waals surface area contributed by atoms with Crippen molar-refractivity contribution in [2.75, 3.05) is 19.4 Å². The molecule has 0 radical (unpaired) electrons. The van der Waals surface area contributed by atoms with Gasteiger partial charge in [-0.3, -0.25) is 4.57 Å². The summed E-state index contributed by atoms with van der Waals surface area (Å²) in [6.45, 7) is 4.65. The molecule has 0 N–H and O–H groups in total. The predicted octanol–water partition coefficient (Wildman–Crippen LogP) is 4.22. The lowest BCUT2D eigenvalue weighted by Gasteiger charge is -2.16. The van der Waals surface area contributed by atoms with Gasteiger partial charge in [-0.2, -0.15) is 15.0 Å². The maximum absolute atomic E-state index is 12.4.